The molecule has 0 saturated heterocycles. The van der Waals surface area contributed by atoms with Crippen LogP contribution in [0.4, 0.5) is 11.4 Å². The number of para-hydroxylation sites is 1. The van der Waals surface area contributed by atoms with E-state index in [1.165, 1.54) is 6.21 Å². The van der Waals surface area contributed by atoms with Gasteiger partial charge in [-0.25, -0.2) is 0 Å². The van der Waals surface area contributed by atoms with Crippen molar-refractivity contribution in [3.8, 4) is 11.1 Å². The highest BCUT2D eigenvalue weighted by Crippen LogP contribution is 2.28. The fourth-order valence-corrected chi connectivity index (χ4v) is 2.36. The summed E-state index contributed by atoms with van der Waals surface area (Å²) in [6.45, 7) is 2.56. The molecule has 4 N–H and O–H groups in total. The van der Waals surface area contributed by atoms with E-state index < -0.39 is 0 Å². The molecule has 114 valence electrons. The van der Waals surface area contributed by atoms with Crippen LogP contribution in [0.2, 0.25) is 0 Å². The van der Waals surface area contributed by atoms with Crippen LogP contribution in [0.5, 0.6) is 0 Å². The van der Waals surface area contributed by atoms with Crippen LogP contribution in [0.15, 0.2) is 66.2 Å². The number of anilines is 2. The van der Waals surface area contributed by atoms with Crippen molar-refractivity contribution in [2.24, 2.45) is 0 Å². The van der Waals surface area contributed by atoms with E-state index in [1.54, 1.807) is 5.98 Å². The number of nitrogens with one attached hydrogen (secondary N) is 2. The quantitative estimate of drug-likeness (QED) is 0.327. The van der Waals surface area contributed by atoms with Crippen LogP contribution in [0.3, 0.4) is 0 Å². The van der Waals surface area contributed by atoms with Gasteiger partial charge in [0.2, 0.25) is 0 Å². The lowest BCUT2D eigenvalue weighted by atomic mass is 10.00. The summed E-state index contributed by atoms with van der Waals surface area (Å²) in [5.41, 5.74) is 11.4. The van der Waals surface area contributed by atoms with E-state index in [-0.39, 0.29) is 0 Å². The molecule has 3 nitrogen and oxygen atoms in total. The summed E-state index contributed by atoms with van der Waals surface area (Å²) in [6.07, 6.45) is 5.24. The van der Waals surface area contributed by atoms with Gasteiger partial charge in [-0.3, -0.25) is 0 Å². The maximum Gasteiger partial charge on any atom is 0.103 e. The minimum absolute atomic E-state index is 0.606. The Hall–Kier alpha value is -2.75. The second-order valence-corrected chi connectivity index (χ2v) is 5.13. The van der Waals surface area contributed by atoms with E-state index in [1.807, 2.05) is 61.5 Å². The van der Waals surface area contributed by atoms with Gasteiger partial charge < -0.3 is 16.5 Å². The summed E-state index contributed by atoms with van der Waals surface area (Å²) in [5.74, 6) is 1.58. The molecule has 0 atom stereocenters. The molecule has 0 heterocycles. The number of nitrogen functional groups attached to an aromatic ring is 1. The summed E-state index contributed by atoms with van der Waals surface area (Å²) in [7, 11) is 5.60. The minimum atomic E-state index is 0.606. The van der Waals surface area contributed by atoms with Gasteiger partial charge in [0.15, 0.2) is 0 Å². The molecule has 0 aliphatic heterocycles. The lowest BCUT2D eigenvalue weighted by Crippen LogP contribution is -2.06. The summed E-state index contributed by atoms with van der Waals surface area (Å²) in [4.78, 5) is 0. The van der Waals surface area contributed by atoms with Crippen LogP contribution in [0.1, 0.15) is 12.5 Å². The molecule has 23 heavy (non-hydrogen) atoms. The number of nitrogens with two attached hydrogens (primary N) is 1. The number of benzene rings is 2. The highest BCUT2D eigenvalue weighted by Gasteiger charge is 2.06. The van der Waals surface area contributed by atoms with Gasteiger partial charge in [0.1, 0.15) is 7.85 Å². The van der Waals surface area contributed by atoms with Crippen molar-refractivity contribution >= 4 is 25.4 Å². The van der Waals surface area contributed by atoms with Gasteiger partial charge in [0.05, 0.1) is 0 Å². The third-order valence-electron chi connectivity index (χ3n) is 3.56. The van der Waals surface area contributed by atoms with Crippen LogP contribution in [0.25, 0.3) is 11.1 Å². The third kappa shape index (κ3) is 4.13. The first kappa shape index (κ1) is 16.6. The molecule has 0 amide bonds. The Morgan fingerprint density at radius 1 is 1.26 bits per heavy atom. The second-order valence-electron chi connectivity index (χ2n) is 5.13. The first-order valence-electron chi connectivity index (χ1n) is 7.46. The van der Waals surface area contributed by atoms with Gasteiger partial charge in [0, 0.05) is 35.3 Å². The SMILES string of the molecule is [B]/C=C(\C=C/C)CNc1ccc(-c2ccccc2N)cc1C=N. The highest BCUT2D eigenvalue weighted by atomic mass is 14.9. The average Bonchev–Trinajstić information content (AvgIpc) is 2.59. The number of allylic oxidation sites excluding steroid dienone is 1. The Morgan fingerprint density at radius 3 is 2.70 bits per heavy atom. The number of rotatable bonds is 6. The fourth-order valence-electron chi connectivity index (χ4n) is 2.36. The lowest BCUT2D eigenvalue weighted by molar-refractivity contribution is 1.26. The molecule has 4 heteroatoms. The first-order valence-corrected chi connectivity index (χ1v) is 7.46. The van der Waals surface area contributed by atoms with E-state index >= 15 is 0 Å². The van der Waals surface area contributed by atoms with Crippen LogP contribution >= 0.6 is 0 Å². The summed E-state index contributed by atoms with van der Waals surface area (Å²) >= 11 is 0. The Morgan fingerprint density at radius 2 is 2.04 bits per heavy atom. The average molecular weight is 301 g/mol. The fraction of sp³-hybridized carbons (Fsp3) is 0.105. The van der Waals surface area contributed by atoms with E-state index in [0.717, 1.165) is 33.6 Å². The molecule has 2 aromatic rings. The molecule has 2 aromatic carbocycles. The Balaban J connectivity index is 2.27. The molecule has 0 spiro atoms. The van der Waals surface area contributed by atoms with Crippen LogP contribution in [-0.2, 0) is 0 Å². The molecular formula is C19H20BN3. The summed E-state index contributed by atoms with van der Waals surface area (Å²) in [5, 5.41) is 11.0. The zero-order valence-electron chi connectivity index (χ0n) is 13.2. The van der Waals surface area contributed by atoms with E-state index in [9.17, 15) is 0 Å². The Bertz CT molecular complexity index is 748. The minimum Gasteiger partial charge on any atom is -0.398 e. The summed E-state index contributed by atoms with van der Waals surface area (Å²) in [6, 6.07) is 13.6. The molecule has 0 unspecified atom stereocenters. The monoisotopic (exact) mass is 301 g/mol. The predicted octanol–water partition coefficient (Wildman–Crippen LogP) is 3.97. The van der Waals surface area contributed by atoms with Crippen LogP contribution in [0, 0.1) is 5.41 Å². The topological polar surface area (TPSA) is 61.9 Å². The van der Waals surface area contributed by atoms with Crippen molar-refractivity contribution in [3.63, 3.8) is 0 Å². The molecule has 0 aliphatic rings. The van der Waals surface area contributed by atoms with Crippen molar-refractivity contribution in [2.45, 2.75) is 6.92 Å². The zero-order chi connectivity index (χ0) is 16.7. The van der Waals surface area contributed by atoms with Crippen molar-refractivity contribution in [1.82, 2.24) is 0 Å². The van der Waals surface area contributed by atoms with E-state index in [0.29, 0.717) is 6.54 Å². The normalized spacial score (nSPS) is 11.6. The molecule has 0 bridgehead atoms. The van der Waals surface area contributed by atoms with Gasteiger partial charge in [-0.2, -0.15) is 0 Å². The van der Waals surface area contributed by atoms with Gasteiger partial charge in [-0.15, -0.1) is 5.98 Å². The van der Waals surface area contributed by atoms with Crippen molar-refractivity contribution in [3.05, 3.63) is 71.7 Å². The predicted molar refractivity (Wildman–Crippen MR) is 101 cm³/mol. The Kier molecular flexibility index (Phi) is 5.81. The van der Waals surface area contributed by atoms with E-state index in [2.05, 4.69) is 5.32 Å². The van der Waals surface area contributed by atoms with Gasteiger partial charge in [-0.05, 0) is 36.3 Å². The standard InChI is InChI=1S/C19H20BN3/c1-2-5-14(11-20)13-23-19-9-8-15(10-16(19)12-21)17-6-3-4-7-18(17)22/h2-12,21,23H,13,22H2,1H3/b5-2-,14-11+,21-12?. The Labute approximate surface area is 138 Å². The van der Waals surface area contributed by atoms with Gasteiger partial charge in [-0.1, -0.05) is 36.4 Å². The van der Waals surface area contributed by atoms with Crippen LogP contribution < -0.4 is 11.1 Å². The van der Waals surface area contributed by atoms with Gasteiger partial charge >= 0.3 is 0 Å². The largest absolute Gasteiger partial charge is 0.398 e. The lowest BCUT2D eigenvalue weighted by Gasteiger charge is -2.13. The van der Waals surface area contributed by atoms with Crippen molar-refractivity contribution in [2.75, 3.05) is 17.6 Å². The zero-order valence-corrected chi connectivity index (χ0v) is 13.2. The maximum atomic E-state index is 7.66. The molecule has 0 aromatic heterocycles. The second kappa shape index (κ2) is 8.04. The molecule has 0 aliphatic carbocycles. The highest BCUT2D eigenvalue weighted by molar-refractivity contribution is 6.17. The smallest absolute Gasteiger partial charge is 0.103 e. The summed E-state index contributed by atoms with van der Waals surface area (Å²) < 4.78 is 0. The molecule has 0 fully saturated rings. The first-order chi connectivity index (χ1) is 11.2. The number of hydrogen-bond donors (Lipinski definition) is 3. The molecule has 0 saturated carbocycles. The maximum absolute atomic E-state index is 7.66. The third-order valence-corrected chi connectivity index (χ3v) is 3.56. The molecular weight excluding hydrogens is 281 g/mol. The molecule has 2 rings (SSSR count). The molecule has 2 radical (unpaired) electrons. The van der Waals surface area contributed by atoms with Gasteiger partial charge in [0.25, 0.3) is 0 Å². The van der Waals surface area contributed by atoms with Crippen molar-refractivity contribution < 1.29 is 0 Å². The number of hydrogen-bond acceptors (Lipinski definition) is 3. The van der Waals surface area contributed by atoms with Crippen molar-refractivity contribution in [1.29, 1.82) is 5.41 Å². The van der Waals surface area contributed by atoms with E-state index in [4.69, 9.17) is 19.0 Å². The van der Waals surface area contributed by atoms with Crippen LogP contribution in [-0.4, -0.2) is 20.6 Å².